The smallest absolute Gasteiger partial charge is 0.254 e. The van der Waals surface area contributed by atoms with E-state index in [9.17, 15) is 0 Å². The summed E-state index contributed by atoms with van der Waals surface area (Å²) in [5, 5.41) is 0. The van der Waals surface area contributed by atoms with Gasteiger partial charge in [-0.3, -0.25) is 4.98 Å². The van der Waals surface area contributed by atoms with Crippen LogP contribution >= 0.6 is 11.7 Å². The lowest BCUT2D eigenvalue weighted by molar-refractivity contribution is 0.305. The number of hydrogen-bond acceptors (Lipinski definition) is 5. The number of rotatable bonds is 5. The highest BCUT2D eigenvalue weighted by Gasteiger charge is 2.11. The molecule has 0 saturated carbocycles. The van der Waals surface area contributed by atoms with Gasteiger partial charge in [-0.05, 0) is 18.6 Å². The number of unbranched alkanes of at least 4 members (excludes halogenated alkanes) is 1. The monoisotopic (exact) mass is 245 g/mol. The third kappa shape index (κ3) is 3.02. The molecule has 17 heavy (non-hydrogen) atoms. The lowest BCUT2D eigenvalue weighted by atomic mass is 10.2. The lowest BCUT2D eigenvalue weighted by Crippen LogP contribution is -1.98. The Hall–Kier alpha value is -1.93. The normalized spacial score (nSPS) is 9.82. The first-order valence-electron chi connectivity index (χ1n) is 5.21. The first-order valence-corrected chi connectivity index (χ1v) is 5.94. The molecule has 2 rings (SSSR count). The van der Waals surface area contributed by atoms with Gasteiger partial charge in [-0.15, -0.1) is 16.7 Å². The van der Waals surface area contributed by atoms with Crippen LogP contribution in [0.25, 0.3) is 11.3 Å². The minimum absolute atomic E-state index is 0.556. The standard InChI is InChI=1S/C12H11N3OS/c1-2-3-4-8-16-12-11(14-17-15-12)10-6-5-7-13-9-10/h1,5-7,9H,3-4,8H2. The molecule has 0 N–H and O–H groups in total. The minimum atomic E-state index is 0.556. The molecule has 2 heterocycles. The zero-order valence-corrected chi connectivity index (χ0v) is 9.98. The zero-order valence-electron chi connectivity index (χ0n) is 9.17. The molecule has 0 aliphatic rings. The third-order valence-corrected chi connectivity index (χ3v) is 2.61. The fraction of sp³-hybridized carbons (Fsp3) is 0.250. The molecule has 0 atom stereocenters. The molecule has 0 fully saturated rings. The van der Waals surface area contributed by atoms with Crippen molar-refractivity contribution >= 4 is 11.7 Å². The molecule has 5 heteroatoms. The molecule has 0 unspecified atom stereocenters. The Morgan fingerprint density at radius 2 is 2.35 bits per heavy atom. The number of nitrogens with zero attached hydrogens (tertiary/aromatic N) is 3. The van der Waals surface area contributed by atoms with E-state index in [1.54, 1.807) is 12.4 Å². The van der Waals surface area contributed by atoms with Gasteiger partial charge in [0, 0.05) is 24.4 Å². The SMILES string of the molecule is C#CCCCOc1nsnc1-c1cccnc1. The van der Waals surface area contributed by atoms with Gasteiger partial charge < -0.3 is 4.74 Å². The highest BCUT2D eigenvalue weighted by atomic mass is 32.1. The summed E-state index contributed by atoms with van der Waals surface area (Å²) >= 11 is 1.13. The van der Waals surface area contributed by atoms with E-state index < -0.39 is 0 Å². The molecule has 0 radical (unpaired) electrons. The first-order chi connectivity index (χ1) is 8.42. The number of pyridine rings is 1. The summed E-state index contributed by atoms with van der Waals surface area (Å²) in [5.41, 5.74) is 1.65. The van der Waals surface area contributed by atoms with Gasteiger partial charge in [0.25, 0.3) is 5.88 Å². The van der Waals surface area contributed by atoms with E-state index in [1.807, 2.05) is 12.1 Å². The Morgan fingerprint density at radius 3 is 3.12 bits per heavy atom. The molecule has 0 aromatic carbocycles. The maximum atomic E-state index is 5.55. The fourth-order valence-corrected chi connectivity index (χ4v) is 1.82. The van der Waals surface area contributed by atoms with Crippen molar-refractivity contribution in [2.75, 3.05) is 6.61 Å². The second-order valence-corrected chi connectivity index (χ2v) is 3.84. The molecule has 4 nitrogen and oxygen atoms in total. The van der Waals surface area contributed by atoms with Crippen molar-refractivity contribution in [1.29, 1.82) is 0 Å². The van der Waals surface area contributed by atoms with Crippen molar-refractivity contribution in [3.63, 3.8) is 0 Å². The largest absolute Gasteiger partial charge is 0.475 e. The summed E-state index contributed by atoms with van der Waals surface area (Å²) in [6, 6.07) is 3.79. The molecular weight excluding hydrogens is 234 g/mol. The van der Waals surface area contributed by atoms with E-state index in [2.05, 4.69) is 19.7 Å². The molecule has 2 aromatic rings. The Balaban J connectivity index is 2.05. The lowest BCUT2D eigenvalue weighted by Gasteiger charge is -2.03. The van der Waals surface area contributed by atoms with Gasteiger partial charge in [-0.25, -0.2) is 0 Å². The van der Waals surface area contributed by atoms with Crippen LogP contribution in [0.2, 0.25) is 0 Å². The van der Waals surface area contributed by atoms with Crippen LogP contribution in [0.1, 0.15) is 12.8 Å². The molecule has 0 aliphatic heterocycles. The van der Waals surface area contributed by atoms with Gasteiger partial charge in [0.1, 0.15) is 5.69 Å². The summed E-state index contributed by atoms with van der Waals surface area (Å²) in [6.07, 6.45) is 10.2. The summed E-state index contributed by atoms with van der Waals surface area (Å²) < 4.78 is 13.9. The second kappa shape index (κ2) is 5.97. The van der Waals surface area contributed by atoms with Crippen molar-refractivity contribution in [2.24, 2.45) is 0 Å². The van der Waals surface area contributed by atoms with Crippen molar-refractivity contribution in [3.05, 3.63) is 24.5 Å². The summed E-state index contributed by atoms with van der Waals surface area (Å²) in [6.45, 7) is 0.558. The molecule has 0 aliphatic carbocycles. The third-order valence-electron chi connectivity index (χ3n) is 2.10. The second-order valence-electron chi connectivity index (χ2n) is 3.32. The van der Waals surface area contributed by atoms with Crippen LogP contribution in [0.4, 0.5) is 0 Å². The minimum Gasteiger partial charge on any atom is -0.475 e. The predicted molar refractivity (Wildman–Crippen MR) is 66.7 cm³/mol. The Bertz CT molecular complexity index is 504. The van der Waals surface area contributed by atoms with Crippen LogP contribution in [0.15, 0.2) is 24.5 Å². The van der Waals surface area contributed by atoms with E-state index in [0.717, 1.165) is 29.4 Å². The van der Waals surface area contributed by atoms with Crippen molar-refractivity contribution in [3.8, 4) is 29.5 Å². The average Bonchev–Trinajstić information content (AvgIpc) is 2.84. The molecule has 0 spiro atoms. The topological polar surface area (TPSA) is 47.9 Å². The summed E-state index contributed by atoms with van der Waals surface area (Å²) in [4.78, 5) is 4.05. The highest BCUT2D eigenvalue weighted by molar-refractivity contribution is 6.99. The summed E-state index contributed by atoms with van der Waals surface area (Å²) in [7, 11) is 0. The number of ether oxygens (including phenoxy) is 1. The first kappa shape index (κ1) is 11.6. The van der Waals surface area contributed by atoms with Crippen molar-refractivity contribution < 1.29 is 4.74 Å². The number of terminal acetylenes is 1. The van der Waals surface area contributed by atoms with Gasteiger partial charge in [0.2, 0.25) is 0 Å². The van der Waals surface area contributed by atoms with Crippen LogP contribution in [0.3, 0.4) is 0 Å². The summed E-state index contributed by atoms with van der Waals surface area (Å²) in [5.74, 6) is 3.13. The van der Waals surface area contributed by atoms with Gasteiger partial charge >= 0.3 is 0 Å². The van der Waals surface area contributed by atoms with E-state index in [1.165, 1.54) is 0 Å². The Kier molecular flexibility index (Phi) is 4.05. The van der Waals surface area contributed by atoms with Crippen LogP contribution < -0.4 is 4.74 Å². The Morgan fingerprint density at radius 1 is 1.41 bits per heavy atom. The van der Waals surface area contributed by atoms with Gasteiger partial charge in [0.15, 0.2) is 0 Å². The molecule has 0 saturated heterocycles. The van der Waals surface area contributed by atoms with Gasteiger partial charge in [-0.1, -0.05) is 0 Å². The quantitative estimate of drug-likeness (QED) is 0.599. The molecule has 0 amide bonds. The van der Waals surface area contributed by atoms with Gasteiger partial charge in [0.05, 0.1) is 18.3 Å². The van der Waals surface area contributed by atoms with Crippen LogP contribution in [-0.4, -0.2) is 20.3 Å². The zero-order chi connectivity index (χ0) is 11.9. The predicted octanol–water partition coefficient (Wildman–Crippen LogP) is 2.39. The maximum Gasteiger partial charge on any atom is 0.254 e. The maximum absolute atomic E-state index is 5.55. The van der Waals surface area contributed by atoms with E-state index in [4.69, 9.17) is 11.2 Å². The van der Waals surface area contributed by atoms with Crippen LogP contribution in [0, 0.1) is 12.3 Å². The molecule has 0 bridgehead atoms. The van der Waals surface area contributed by atoms with Crippen LogP contribution in [-0.2, 0) is 0 Å². The van der Waals surface area contributed by atoms with Crippen LogP contribution in [0.5, 0.6) is 5.88 Å². The number of hydrogen-bond donors (Lipinski definition) is 0. The van der Waals surface area contributed by atoms with E-state index >= 15 is 0 Å². The Labute approximate surface area is 104 Å². The molecular formula is C12H11N3OS. The van der Waals surface area contributed by atoms with Gasteiger partial charge in [-0.2, -0.15) is 4.37 Å². The molecule has 2 aromatic heterocycles. The highest BCUT2D eigenvalue weighted by Crippen LogP contribution is 2.26. The van der Waals surface area contributed by atoms with E-state index in [0.29, 0.717) is 18.9 Å². The van der Waals surface area contributed by atoms with E-state index in [-0.39, 0.29) is 0 Å². The van der Waals surface area contributed by atoms with Crippen molar-refractivity contribution in [2.45, 2.75) is 12.8 Å². The molecule has 86 valence electrons. The number of aromatic nitrogens is 3. The average molecular weight is 245 g/mol. The fourth-order valence-electron chi connectivity index (χ4n) is 1.30. The van der Waals surface area contributed by atoms with Crippen molar-refractivity contribution in [1.82, 2.24) is 13.7 Å².